The summed E-state index contributed by atoms with van der Waals surface area (Å²) in [5.74, 6) is 0.603. The second-order valence-corrected chi connectivity index (χ2v) is 15.0. The summed E-state index contributed by atoms with van der Waals surface area (Å²) in [6.07, 6.45) is 35.7. The lowest BCUT2D eigenvalue weighted by Crippen LogP contribution is -2.27. The van der Waals surface area contributed by atoms with Crippen LogP contribution in [0.5, 0.6) is 0 Å². The predicted molar refractivity (Wildman–Crippen MR) is 214 cm³/mol. The summed E-state index contributed by atoms with van der Waals surface area (Å²) >= 11 is 0. The van der Waals surface area contributed by atoms with Crippen LogP contribution in [0, 0.1) is 11.8 Å². The summed E-state index contributed by atoms with van der Waals surface area (Å²) < 4.78 is 16.1. The molecule has 0 heterocycles. The van der Waals surface area contributed by atoms with Crippen LogP contribution in [0.1, 0.15) is 188 Å². The number of hydrogen-bond donors (Lipinski definition) is 0. The lowest BCUT2D eigenvalue weighted by molar-refractivity contribution is -0.151. The van der Waals surface area contributed by atoms with E-state index in [-0.39, 0.29) is 24.0 Å². The molecule has 7 nitrogen and oxygen atoms in total. The smallest absolute Gasteiger partial charge is 0.306 e. The third-order valence-electron chi connectivity index (χ3n) is 9.65. The van der Waals surface area contributed by atoms with Crippen molar-refractivity contribution in [2.45, 2.75) is 194 Å². The van der Waals surface area contributed by atoms with Crippen molar-refractivity contribution in [3.05, 3.63) is 24.3 Å². The molecule has 0 spiro atoms. The average Bonchev–Trinajstić information content (AvgIpc) is 3.08. The molecule has 2 atom stereocenters. The monoisotopic (exact) mass is 720 g/mol. The van der Waals surface area contributed by atoms with Crippen molar-refractivity contribution in [2.24, 2.45) is 11.8 Å². The van der Waals surface area contributed by atoms with E-state index in [1.165, 1.54) is 64.2 Å². The van der Waals surface area contributed by atoms with E-state index in [0.29, 0.717) is 44.3 Å². The molecule has 298 valence electrons. The molecule has 0 aliphatic heterocycles. The summed E-state index contributed by atoms with van der Waals surface area (Å²) in [6, 6.07) is 0. The van der Waals surface area contributed by atoms with E-state index in [4.69, 9.17) is 14.2 Å². The SMILES string of the molecule is CCOC(=O)CCCC/C=C\CCCCCCCCC(CCCCCCCC/C=C\CCCCC(=O)OCC)OC(=O)CC(C)C(C)CN(C)C. The van der Waals surface area contributed by atoms with Crippen LogP contribution in [-0.4, -0.2) is 62.8 Å². The standard InChI is InChI=1S/C44H81NO6/c1-7-49-42(46)35-31-27-23-19-15-11-9-13-17-21-25-29-33-41(51-44(48)37-39(3)40(4)38-45(5)6)34-30-26-22-18-14-10-12-16-20-24-28-32-36-43(47)50-8-2/h15-16,19-20,39-41H,7-14,17-18,21-38H2,1-6H3/b19-15-,20-16-. The first-order valence-corrected chi connectivity index (χ1v) is 21.1. The van der Waals surface area contributed by atoms with Gasteiger partial charge in [-0.1, -0.05) is 89.5 Å². The predicted octanol–water partition coefficient (Wildman–Crippen LogP) is 11.7. The molecule has 0 aliphatic carbocycles. The first-order valence-electron chi connectivity index (χ1n) is 21.1. The van der Waals surface area contributed by atoms with Gasteiger partial charge < -0.3 is 19.1 Å². The summed E-state index contributed by atoms with van der Waals surface area (Å²) in [4.78, 5) is 37.9. The number of rotatable bonds is 36. The Balaban J connectivity index is 4.23. The lowest BCUT2D eigenvalue weighted by atomic mass is 9.92. The molecule has 0 aromatic carbocycles. The van der Waals surface area contributed by atoms with Gasteiger partial charge in [0.05, 0.1) is 13.2 Å². The number of hydrogen-bond acceptors (Lipinski definition) is 7. The van der Waals surface area contributed by atoms with E-state index < -0.39 is 0 Å². The molecular formula is C44H81NO6. The zero-order valence-electron chi connectivity index (χ0n) is 34.2. The third kappa shape index (κ3) is 34.7. The van der Waals surface area contributed by atoms with Gasteiger partial charge in [0, 0.05) is 25.8 Å². The molecule has 2 unspecified atom stereocenters. The minimum absolute atomic E-state index is 0.0165. The second-order valence-electron chi connectivity index (χ2n) is 15.0. The van der Waals surface area contributed by atoms with Crippen LogP contribution in [0.3, 0.4) is 0 Å². The van der Waals surface area contributed by atoms with Crippen molar-refractivity contribution in [3.63, 3.8) is 0 Å². The summed E-state index contributed by atoms with van der Waals surface area (Å²) in [5.41, 5.74) is 0. The van der Waals surface area contributed by atoms with Gasteiger partial charge in [-0.3, -0.25) is 14.4 Å². The van der Waals surface area contributed by atoms with Crippen molar-refractivity contribution < 1.29 is 28.6 Å². The van der Waals surface area contributed by atoms with Gasteiger partial charge in [0.2, 0.25) is 0 Å². The van der Waals surface area contributed by atoms with Gasteiger partial charge in [0.15, 0.2) is 0 Å². The lowest BCUT2D eigenvalue weighted by Gasteiger charge is -2.24. The highest BCUT2D eigenvalue weighted by molar-refractivity contribution is 5.70. The Kier molecular flexibility index (Phi) is 34.7. The average molecular weight is 720 g/mol. The van der Waals surface area contributed by atoms with Gasteiger partial charge in [0.1, 0.15) is 6.10 Å². The Hall–Kier alpha value is -2.15. The highest BCUT2D eigenvalue weighted by Crippen LogP contribution is 2.21. The van der Waals surface area contributed by atoms with Crippen LogP contribution in [0.2, 0.25) is 0 Å². The maximum absolute atomic E-state index is 12.9. The number of nitrogens with zero attached hydrogens (tertiary/aromatic N) is 1. The van der Waals surface area contributed by atoms with E-state index in [2.05, 4.69) is 57.1 Å². The van der Waals surface area contributed by atoms with E-state index in [1.807, 2.05) is 13.8 Å². The summed E-state index contributed by atoms with van der Waals surface area (Å²) in [5, 5.41) is 0. The fraction of sp³-hybridized carbons (Fsp3) is 0.841. The maximum atomic E-state index is 12.9. The maximum Gasteiger partial charge on any atom is 0.306 e. The van der Waals surface area contributed by atoms with Crippen molar-refractivity contribution in [1.29, 1.82) is 0 Å². The first kappa shape index (κ1) is 48.9. The number of allylic oxidation sites excluding steroid dienone is 4. The number of unbranched alkanes of at least 4 members (excludes halogenated alkanes) is 16. The van der Waals surface area contributed by atoms with Gasteiger partial charge in [-0.2, -0.15) is 0 Å². The quantitative estimate of drug-likeness (QED) is 0.0276. The molecule has 51 heavy (non-hydrogen) atoms. The molecule has 0 amide bonds. The van der Waals surface area contributed by atoms with Gasteiger partial charge in [-0.05, 0) is 130 Å². The molecule has 0 fully saturated rings. The van der Waals surface area contributed by atoms with E-state index in [1.54, 1.807) is 0 Å². The van der Waals surface area contributed by atoms with Crippen LogP contribution >= 0.6 is 0 Å². The van der Waals surface area contributed by atoms with Crippen LogP contribution in [0.15, 0.2) is 24.3 Å². The fourth-order valence-electron chi connectivity index (χ4n) is 6.40. The number of carbonyl (C=O) groups is 3. The van der Waals surface area contributed by atoms with Gasteiger partial charge in [-0.15, -0.1) is 0 Å². The Morgan fingerprint density at radius 2 is 0.882 bits per heavy atom. The van der Waals surface area contributed by atoms with E-state index >= 15 is 0 Å². The van der Waals surface area contributed by atoms with Crippen LogP contribution in [-0.2, 0) is 28.6 Å². The minimum atomic E-state index is -0.0794. The number of ether oxygens (including phenoxy) is 3. The molecule has 0 saturated carbocycles. The van der Waals surface area contributed by atoms with Crippen molar-refractivity contribution in [1.82, 2.24) is 4.90 Å². The third-order valence-corrected chi connectivity index (χ3v) is 9.65. The highest BCUT2D eigenvalue weighted by atomic mass is 16.5. The van der Waals surface area contributed by atoms with Crippen LogP contribution in [0.4, 0.5) is 0 Å². The fourth-order valence-corrected chi connectivity index (χ4v) is 6.40. The van der Waals surface area contributed by atoms with Crippen molar-refractivity contribution in [3.8, 4) is 0 Å². The van der Waals surface area contributed by atoms with Crippen LogP contribution < -0.4 is 0 Å². The van der Waals surface area contributed by atoms with Crippen LogP contribution in [0.25, 0.3) is 0 Å². The topological polar surface area (TPSA) is 82.1 Å². The molecule has 0 saturated heterocycles. The molecule has 0 aromatic heterocycles. The zero-order valence-corrected chi connectivity index (χ0v) is 34.2. The molecule has 0 radical (unpaired) electrons. The van der Waals surface area contributed by atoms with Crippen molar-refractivity contribution >= 4 is 17.9 Å². The Morgan fingerprint density at radius 3 is 1.27 bits per heavy atom. The van der Waals surface area contributed by atoms with Gasteiger partial charge in [-0.25, -0.2) is 0 Å². The molecule has 0 N–H and O–H groups in total. The van der Waals surface area contributed by atoms with E-state index in [0.717, 1.165) is 83.6 Å². The van der Waals surface area contributed by atoms with E-state index in [9.17, 15) is 14.4 Å². The first-order chi connectivity index (χ1) is 24.7. The van der Waals surface area contributed by atoms with Gasteiger partial charge in [0.25, 0.3) is 0 Å². The largest absolute Gasteiger partial charge is 0.466 e. The Morgan fingerprint density at radius 1 is 0.510 bits per heavy atom. The second kappa shape index (κ2) is 36.2. The van der Waals surface area contributed by atoms with Gasteiger partial charge >= 0.3 is 17.9 Å². The normalized spacial score (nSPS) is 13.0. The molecule has 0 aliphatic rings. The Bertz CT molecular complexity index is 833. The summed E-state index contributed by atoms with van der Waals surface area (Å²) in [6.45, 7) is 10.0. The molecule has 0 aromatic rings. The number of esters is 3. The number of carbonyl (C=O) groups excluding carboxylic acids is 3. The molecule has 0 rings (SSSR count). The molecule has 7 heteroatoms. The highest BCUT2D eigenvalue weighted by Gasteiger charge is 2.20. The minimum Gasteiger partial charge on any atom is -0.466 e. The summed E-state index contributed by atoms with van der Waals surface area (Å²) in [7, 11) is 4.18. The zero-order chi connectivity index (χ0) is 37.8. The Labute approximate surface area is 315 Å². The van der Waals surface area contributed by atoms with Crippen molar-refractivity contribution in [2.75, 3.05) is 33.9 Å². The molecule has 0 bridgehead atoms. The molecular weight excluding hydrogens is 638 g/mol.